The van der Waals surface area contributed by atoms with Gasteiger partial charge < -0.3 is 14.7 Å². The molecule has 2 heterocycles. The molecule has 3 amide bonds. The molecule has 174 valence electrons. The van der Waals surface area contributed by atoms with Crippen molar-refractivity contribution in [3.8, 4) is 11.1 Å². The molecule has 2 saturated heterocycles. The fourth-order valence-electron chi connectivity index (χ4n) is 4.84. The third kappa shape index (κ3) is 5.62. The van der Waals surface area contributed by atoms with Crippen LogP contribution in [0.1, 0.15) is 31.7 Å². The number of carbonyl (C=O) groups is 3. The van der Waals surface area contributed by atoms with E-state index in [9.17, 15) is 14.4 Å². The number of benzene rings is 2. The Balaban J connectivity index is 1.52. The summed E-state index contributed by atoms with van der Waals surface area (Å²) in [6.07, 6.45) is 2.82. The van der Waals surface area contributed by atoms with E-state index >= 15 is 0 Å². The Labute approximate surface area is 196 Å². The SMILES string of the molecule is CCCN1CCN(C(=O)CN2CCCC2=O)CC(Cc2cccc(-c3ccccc3)c2)C1=O. The zero-order chi connectivity index (χ0) is 23.2. The van der Waals surface area contributed by atoms with E-state index in [4.69, 9.17) is 0 Å². The molecule has 2 fully saturated rings. The molecule has 2 aliphatic heterocycles. The first-order chi connectivity index (χ1) is 16.0. The minimum absolute atomic E-state index is 0.0520. The molecule has 2 aromatic rings. The smallest absolute Gasteiger partial charge is 0.242 e. The van der Waals surface area contributed by atoms with E-state index in [0.717, 1.165) is 29.5 Å². The van der Waals surface area contributed by atoms with Crippen LogP contribution in [0.3, 0.4) is 0 Å². The standard InChI is InChI=1S/C27H33N3O3/c1-2-13-28-15-16-30(26(32)20-29-14-7-12-25(29)31)19-24(27(28)33)18-21-8-6-11-23(17-21)22-9-4-3-5-10-22/h3-6,8-11,17,24H,2,7,12-16,18-20H2,1H3. The number of likely N-dealkylation sites (tertiary alicyclic amines) is 1. The number of nitrogens with zero attached hydrogens (tertiary/aromatic N) is 3. The summed E-state index contributed by atoms with van der Waals surface area (Å²) in [7, 11) is 0. The molecule has 6 heteroatoms. The first kappa shape index (κ1) is 23.0. The van der Waals surface area contributed by atoms with Gasteiger partial charge in [0.2, 0.25) is 17.7 Å². The average Bonchev–Trinajstić information content (AvgIpc) is 3.17. The van der Waals surface area contributed by atoms with Crippen LogP contribution < -0.4 is 0 Å². The Kier molecular flexibility index (Phi) is 7.43. The molecule has 0 N–H and O–H groups in total. The number of amides is 3. The third-order valence-corrected chi connectivity index (χ3v) is 6.60. The molecule has 0 aromatic heterocycles. The Morgan fingerprint density at radius 1 is 0.939 bits per heavy atom. The molecule has 0 radical (unpaired) electrons. The van der Waals surface area contributed by atoms with Crippen LogP contribution in [0.5, 0.6) is 0 Å². The maximum Gasteiger partial charge on any atom is 0.242 e. The Morgan fingerprint density at radius 2 is 1.73 bits per heavy atom. The quantitative estimate of drug-likeness (QED) is 0.655. The lowest BCUT2D eigenvalue weighted by Gasteiger charge is -2.26. The monoisotopic (exact) mass is 447 g/mol. The van der Waals surface area contributed by atoms with Crippen LogP contribution in [0, 0.1) is 5.92 Å². The summed E-state index contributed by atoms with van der Waals surface area (Å²) in [5.41, 5.74) is 3.36. The van der Waals surface area contributed by atoms with Gasteiger partial charge in [-0.05, 0) is 36.0 Å². The minimum Gasteiger partial charge on any atom is -0.341 e. The van der Waals surface area contributed by atoms with Crippen molar-refractivity contribution in [1.82, 2.24) is 14.7 Å². The lowest BCUT2D eigenvalue weighted by atomic mass is 9.94. The lowest BCUT2D eigenvalue weighted by molar-refractivity contribution is -0.139. The summed E-state index contributed by atoms with van der Waals surface area (Å²) in [4.78, 5) is 43.8. The fourth-order valence-corrected chi connectivity index (χ4v) is 4.84. The Hall–Kier alpha value is -3.15. The van der Waals surface area contributed by atoms with Crippen LogP contribution in [0.2, 0.25) is 0 Å². The third-order valence-electron chi connectivity index (χ3n) is 6.60. The van der Waals surface area contributed by atoms with E-state index in [0.29, 0.717) is 45.6 Å². The van der Waals surface area contributed by atoms with Crippen molar-refractivity contribution in [1.29, 1.82) is 0 Å². The van der Waals surface area contributed by atoms with Gasteiger partial charge in [-0.25, -0.2) is 0 Å². The highest BCUT2D eigenvalue weighted by Crippen LogP contribution is 2.23. The van der Waals surface area contributed by atoms with Gasteiger partial charge in [-0.1, -0.05) is 61.5 Å². The highest BCUT2D eigenvalue weighted by atomic mass is 16.2. The van der Waals surface area contributed by atoms with E-state index in [1.807, 2.05) is 29.2 Å². The van der Waals surface area contributed by atoms with Gasteiger partial charge in [0, 0.05) is 39.1 Å². The molecule has 2 aromatic carbocycles. The molecule has 1 atom stereocenters. The molecule has 1 unspecified atom stereocenters. The summed E-state index contributed by atoms with van der Waals surface area (Å²) in [5, 5.41) is 0. The van der Waals surface area contributed by atoms with Gasteiger partial charge in [0.25, 0.3) is 0 Å². The predicted octanol–water partition coefficient (Wildman–Crippen LogP) is 3.22. The largest absolute Gasteiger partial charge is 0.341 e. The maximum atomic E-state index is 13.4. The molecular weight excluding hydrogens is 414 g/mol. The van der Waals surface area contributed by atoms with Gasteiger partial charge in [-0.15, -0.1) is 0 Å². The van der Waals surface area contributed by atoms with Gasteiger partial charge in [-0.3, -0.25) is 14.4 Å². The molecule has 4 rings (SSSR count). The summed E-state index contributed by atoms with van der Waals surface area (Å²) < 4.78 is 0. The van der Waals surface area contributed by atoms with Gasteiger partial charge in [0.1, 0.15) is 0 Å². The molecule has 6 nitrogen and oxygen atoms in total. The van der Waals surface area contributed by atoms with Gasteiger partial charge in [0.15, 0.2) is 0 Å². The van der Waals surface area contributed by atoms with Crippen LogP contribution in [0.4, 0.5) is 0 Å². The van der Waals surface area contributed by atoms with E-state index in [1.54, 1.807) is 9.80 Å². The van der Waals surface area contributed by atoms with Crippen molar-refractivity contribution in [2.24, 2.45) is 5.92 Å². The van der Waals surface area contributed by atoms with E-state index in [2.05, 4.69) is 37.3 Å². The maximum absolute atomic E-state index is 13.4. The van der Waals surface area contributed by atoms with E-state index < -0.39 is 0 Å². The number of hydrogen-bond acceptors (Lipinski definition) is 3. The summed E-state index contributed by atoms with van der Waals surface area (Å²) in [5.74, 6) is -0.173. The van der Waals surface area contributed by atoms with Crippen molar-refractivity contribution in [3.63, 3.8) is 0 Å². The van der Waals surface area contributed by atoms with Gasteiger partial charge in [0.05, 0.1) is 12.5 Å². The molecule has 0 bridgehead atoms. The molecule has 0 aliphatic carbocycles. The minimum atomic E-state index is -0.289. The number of hydrogen-bond donors (Lipinski definition) is 0. The van der Waals surface area contributed by atoms with Crippen LogP contribution in [-0.4, -0.2) is 71.7 Å². The van der Waals surface area contributed by atoms with Crippen LogP contribution in [-0.2, 0) is 20.8 Å². The fraction of sp³-hybridized carbons (Fsp3) is 0.444. The highest BCUT2D eigenvalue weighted by Gasteiger charge is 2.33. The Bertz CT molecular complexity index is 991. The number of rotatable bonds is 7. The van der Waals surface area contributed by atoms with Crippen molar-refractivity contribution < 1.29 is 14.4 Å². The van der Waals surface area contributed by atoms with Gasteiger partial charge >= 0.3 is 0 Å². The van der Waals surface area contributed by atoms with E-state index in [-0.39, 0.29) is 30.2 Å². The van der Waals surface area contributed by atoms with Crippen molar-refractivity contribution >= 4 is 17.7 Å². The van der Waals surface area contributed by atoms with Crippen molar-refractivity contribution in [2.75, 3.05) is 39.3 Å². The lowest BCUT2D eigenvalue weighted by Crippen LogP contribution is -2.43. The topological polar surface area (TPSA) is 60.9 Å². The molecule has 0 saturated carbocycles. The van der Waals surface area contributed by atoms with Crippen LogP contribution in [0.25, 0.3) is 11.1 Å². The highest BCUT2D eigenvalue weighted by molar-refractivity contribution is 5.87. The zero-order valence-electron chi connectivity index (χ0n) is 19.4. The Morgan fingerprint density at radius 3 is 2.45 bits per heavy atom. The molecular formula is C27H33N3O3. The first-order valence-electron chi connectivity index (χ1n) is 12.0. The molecule has 2 aliphatic rings. The summed E-state index contributed by atoms with van der Waals surface area (Å²) in [6, 6.07) is 18.5. The van der Waals surface area contributed by atoms with Crippen molar-refractivity contribution in [3.05, 3.63) is 60.2 Å². The van der Waals surface area contributed by atoms with Gasteiger partial charge in [-0.2, -0.15) is 0 Å². The summed E-state index contributed by atoms with van der Waals surface area (Å²) in [6.45, 7) is 5.01. The molecule has 0 spiro atoms. The second kappa shape index (κ2) is 10.6. The number of carbonyl (C=O) groups excluding carboxylic acids is 3. The second-order valence-corrected chi connectivity index (χ2v) is 9.05. The van der Waals surface area contributed by atoms with Crippen LogP contribution >= 0.6 is 0 Å². The first-order valence-corrected chi connectivity index (χ1v) is 12.0. The zero-order valence-corrected chi connectivity index (χ0v) is 19.4. The summed E-state index contributed by atoms with van der Waals surface area (Å²) >= 11 is 0. The predicted molar refractivity (Wildman–Crippen MR) is 128 cm³/mol. The normalized spacial score (nSPS) is 19.2. The second-order valence-electron chi connectivity index (χ2n) is 9.05. The van der Waals surface area contributed by atoms with E-state index in [1.165, 1.54) is 0 Å². The van der Waals surface area contributed by atoms with Crippen molar-refractivity contribution in [2.45, 2.75) is 32.6 Å². The molecule has 33 heavy (non-hydrogen) atoms. The average molecular weight is 448 g/mol. The van der Waals surface area contributed by atoms with Crippen LogP contribution in [0.15, 0.2) is 54.6 Å².